The molecule has 1 saturated carbocycles. The Hall–Kier alpha value is -1.93. The lowest BCUT2D eigenvalue weighted by molar-refractivity contribution is 0.0663. The standard InChI is InChI=1S/C20H27ClFN5O2/c1-13-2-4-14(5-3-13)12-29-19-16(22)10-23-20(26-19)25-17-11-24-27(18(17)21)15-6-8-28-9-7-15/h10-11,13-15H,2-9,12H2,1H3,(H,23,25,26). The molecule has 0 bridgehead atoms. The molecule has 2 aromatic heterocycles. The Balaban J connectivity index is 1.40. The minimum atomic E-state index is -0.566. The molecule has 29 heavy (non-hydrogen) atoms. The van der Waals surface area contributed by atoms with Crippen molar-refractivity contribution in [1.29, 1.82) is 0 Å². The van der Waals surface area contributed by atoms with Gasteiger partial charge in [-0.2, -0.15) is 14.5 Å². The second-order valence-corrected chi connectivity index (χ2v) is 8.40. The molecule has 158 valence electrons. The number of nitrogens with zero attached hydrogens (tertiary/aromatic N) is 4. The second kappa shape index (κ2) is 9.26. The Kier molecular flexibility index (Phi) is 6.50. The van der Waals surface area contributed by atoms with Crippen LogP contribution in [0.5, 0.6) is 5.88 Å². The van der Waals surface area contributed by atoms with E-state index in [9.17, 15) is 4.39 Å². The van der Waals surface area contributed by atoms with E-state index in [4.69, 9.17) is 21.1 Å². The van der Waals surface area contributed by atoms with Gasteiger partial charge in [-0.15, -0.1) is 0 Å². The van der Waals surface area contributed by atoms with E-state index in [2.05, 4.69) is 27.3 Å². The van der Waals surface area contributed by atoms with Crippen LogP contribution in [0.2, 0.25) is 5.15 Å². The van der Waals surface area contributed by atoms with Crippen molar-refractivity contribution in [2.75, 3.05) is 25.1 Å². The largest absolute Gasteiger partial charge is 0.475 e. The maximum absolute atomic E-state index is 14.1. The molecule has 1 aliphatic carbocycles. The Bertz CT molecular complexity index is 819. The molecule has 0 atom stereocenters. The first kappa shape index (κ1) is 20.3. The van der Waals surface area contributed by atoms with Crippen LogP contribution in [0.25, 0.3) is 0 Å². The molecular formula is C20H27ClFN5O2. The predicted octanol–water partition coefficient (Wildman–Crippen LogP) is 4.77. The Morgan fingerprint density at radius 3 is 2.72 bits per heavy atom. The lowest BCUT2D eigenvalue weighted by Crippen LogP contribution is -2.20. The number of hydrogen-bond acceptors (Lipinski definition) is 6. The van der Waals surface area contributed by atoms with Crippen LogP contribution >= 0.6 is 11.6 Å². The quantitative estimate of drug-likeness (QED) is 0.721. The van der Waals surface area contributed by atoms with E-state index in [-0.39, 0.29) is 17.9 Å². The summed E-state index contributed by atoms with van der Waals surface area (Å²) >= 11 is 6.49. The molecular weight excluding hydrogens is 397 g/mol. The summed E-state index contributed by atoms with van der Waals surface area (Å²) < 4.78 is 27.0. The monoisotopic (exact) mass is 423 g/mol. The van der Waals surface area contributed by atoms with Crippen molar-refractivity contribution in [3.05, 3.63) is 23.4 Å². The van der Waals surface area contributed by atoms with Crippen molar-refractivity contribution in [3.8, 4) is 5.88 Å². The molecule has 0 unspecified atom stereocenters. The summed E-state index contributed by atoms with van der Waals surface area (Å²) in [5.74, 6) is 0.846. The number of rotatable bonds is 6. The zero-order valence-electron chi connectivity index (χ0n) is 16.6. The topological polar surface area (TPSA) is 74.1 Å². The van der Waals surface area contributed by atoms with Gasteiger partial charge in [0.1, 0.15) is 0 Å². The summed E-state index contributed by atoms with van der Waals surface area (Å²) in [6.45, 7) is 4.15. The molecule has 0 aromatic carbocycles. The lowest BCUT2D eigenvalue weighted by atomic mass is 9.83. The van der Waals surface area contributed by atoms with Gasteiger partial charge in [0.05, 0.1) is 30.7 Å². The van der Waals surface area contributed by atoms with Crippen LogP contribution in [-0.2, 0) is 4.74 Å². The van der Waals surface area contributed by atoms with Gasteiger partial charge in [-0.25, -0.2) is 9.67 Å². The summed E-state index contributed by atoms with van der Waals surface area (Å²) in [7, 11) is 0. The van der Waals surface area contributed by atoms with Gasteiger partial charge < -0.3 is 14.8 Å². The van der Waals surface area contributed by atoms with Crippen molar-refractivity contribution in [3.63, 3.8) is 0 Å². The first-order chi connectivity index (χ1) is 14.1. The van der Waals surface area contributed by atoms with E-state index in [1.54, 1.807) is 10.9 Å². The predicted molar refractivity (Wildman–Crippen MR) is 108 cm³/mol. The number of ether oxygens (including phenoxy) is 2. The van der Waals surface area contributed by atoms with Crippen molar-refractivity contribution in [2.24, 2.45) is 11.8 Å². The lowest BCUT2D eigenvalue weighted by Gasteiger charge is -2.25. The van der Waals surface area contributed by atoms with Gasteiger partial charge in [0.25, 0.3) is 5.88 Å². The van der Waals surface area contributed by atoms with E-state index >= 15 is 0 Å². The zero-order valence-corrected chi connectivity index (χ0v) is 17.4. The highest BCUT2D eigenvalue weighted by atomic mass is 35.5. The third kappa shape index (κ3) is 4.98. The number of aromatic nitrogens is 4. The fourth-order valence-corrected chi connectivity index (χ4v) is 4.22. The van der Waals surface area contributed by atoms with E-state index in [0.717, 1.165) is 37.8 Å². The van der Waals surface area contributed by atoms with Crippen LogP contribution in [0.4, 0.5) is 16.0 Å². The molecule has 2 aromatic rings. The highest BCUT2D eigenvalue weighted by Gasteiger charge is 2.22. The molecule has 3 heterocycles. The molecule has 0 spiro atoms. The van der Waals surface area contributed by atoms with Gasteiger partial charge in [-0.3, -0.25) is 0 Å². The molecule has 1 saturated heterocycles. The summed E-state index contributed by atoms with van der Waals surface area (Å²) in [5.41, 5.74) is 0.581. The Morgan fingerprint density at radius 1 is 1.21 bits per heavy atom. The minimum Gasteiger partial charge on any atom is -0.475 e. The first-order valence-electron chi connectivity index (χ1n) is 10.3. The fraction of sp³-hybridized carbons (Fsp3) is 0.650. The smallest absolute Gasteiger partial charge is 0.255 e. The fourth-order valence-electron chi connectivity index (χ4n) is 3.94. The summed E-state index contributed by atoms with van der Waals surface area (Å²) in [6, 6.07) is 0.207. The van der Waals surface area contributed by atoms with E-state index < -0.39 is 5.82 Å². The van der Waals surface area contributed by atoms with E-state index in [1.807, 2.05) is 0 Å². The molecule has 1 aliphatic heterocycles. The van der Waals surface area contributed by atoms with Crippen LogP contribution < -0.4 is 10.1 Å². The second-order valence-electron chi connectivity index (χ2n) is 8.05. The summed E-state index contributed by atoms with van der Waals surface area (Å²) in [6.07, 6.45) is 9.10. The van der Waals surface area contributed by atoms with Crippen LogP contribution in [0.1, 0.15) is 51.5 Å². The number of nitrogens with one attached hydrogen (secondary N) is 1. The SMILES string of the molecule is CC1CCC(COc2nc(Nc3cnn(C4CCOCC4)c3Cl)ncc2F)CC1. The van der Waals surface area contributed by atoms with Crippen molar-refractivity contribution in [1.82, 2.24) is 19.7 Å². The highest BCUT2D eigenvalue weighted by Crippen LogP contribution is 2.31. The van der Waals surface area contributed by atoms with Gasteiger partial charge in [0.15, 0.2) is 5.15 Å². The molecule has 2 fully saturated rings. The van der Waals surface area contributed by atoms with E-state index in [0.29, 0.717) is 36.6 Å². The molecule has 7 nitrogen and oxygen atoms in total. The molecule has 1 N–H and O–H groups in total. The van der Waals surface area contributed by atoms with E-state index in [1.165, 1.54) is 12.8 Å². The average Bonchev–Trinajstić information content (AvgIpc) is 3.10. The number of anilines is 2. The molecule has 0 amide bonds. The maximum atomic E-state index is 14.1. The molecule has 4 rings (SSSR count). The summed E-state index contributed by atoms with van der Waals surface area (Å²) in [4.78, 5) is 8.20. The van der Waals surface area contributed by atoms with Gasteiger partial charge in [-0.05, 0) is 37.5 Å². The zero-order chi connectivity index (χ0) is 20.2. The third-order valence-electron chi connectivity index (χ3n) is 5.82. The van der Waals surface area contributed by atoms with Crippen LogP contribution in [0.3, 0.4) is 0 Å². The molecule has 2 aliphatic rings. The normalized spacial score (nSPS) is 23.1. The van der Waals surface area contributed by atoms with Crippen molar-refractivity contribution >= 4 is 23.2 Å². The Labute approximate surface area is 175 Å². The third-order valence-corrected chi connectivity index (χ3v) is 6.20. The van der Waals surface area contributed by atoms with Crippen LogP contribution in [-0.4, -0.2) is 39.6 Å². The van der Waals surface area contributed by atoms with Gasteiger partial charge in [0, 0.05) is 13.2 Å². The maximum Gasteiger partial charge on any atom is 0.255 e. The number of halogens is 2. The highest BCUT2D eigenvalue weighted by molar-refractivity contribution is 6.32. The van der Waals surface area contributed by atoms with Crippen molar-refractivity contribution < 1.29 is 13.9 Å². The van der Waals surface area contributed by atoms with Gasteiger partial charge in [-0.1, -0.05) is 31.4 Å². The van der Waals surface area contributed by atoms with Gasteiger partial charge in [0.2, 0.25) is 11.8 Å². The number of hydrogen-bond donors (Lipinski definition) is 1. The van der Waals surface area contributed by atoms with Crippen LogP contribution in [0.15, 0.2) is 12.4 Å². The Morgan fingerprint density at radius 2 is 1.97 bits per heavy atom. The molecule has 0 radical (unpaired) electrons. The van der Waals surface area contributed by atoms with Gasteiger partial charge >= 0.3 is 0 Å². The minimum absolute atomic E-state index is 0.0333. The van der Waals surface area contributed by atoms with Crippen molar-refractivity contribution in [2.45, 2.75) is 51.5 Å². The van der Waals surface area contributed by atoms with Crippen LogP contribution in [0, 0.1) is 17.7 Å². The summed E-state index contributed by atoms with van der Waals surface area (Å²) in [5, 5.41) is 7.89. The first-order valence-corrected chi connectivity index (χ1v) is 10.7. The molecule has 9 heteroatoms. The average molecular weight is 424 g/mol.